The minimum absolute atomic E-state index is 0.0111. The SMILES string of the molecule is CN(C)CCN(C)S(=O)(=O)Cc1ccc(N)cc1. The summed E-state index contributed by atoms with van der Waals surface area (Å²) in [6, 6.07) is 6.91. The monoisotopic (exact) mass is 271 g/mol. The van der Waals surface area contributed by atoms with Gasteiger partial charge >= 0.3 is 0 Å². The van der Waals surface area contributed by atoms with Crippen LogP contribution in [0.2, 0.25) is 0 Å². The molecule has 0 spiro atoms. The first-order valence-electron chi connectivity index (χ1n) is 5.74. The van der Waals surface area contributed by atoms with Crippen molar-refractivity contribution in [2.24, 2.45) is 0 Å². The van der Waals surface area contributed by atoms with Crippen LogP contribution in [0, 0.1) is 0 Å². The Bertz CT molecular complexity index is 469. The molecule has 0 aliphatic rings. The third-order valence-corrected chi connectivity index (χ3v) is 4.50. The molecule has 0 amide bonds. The molecule has 1 rings (SSSR count). The fourth-order valence-corrected chi connectivity index (χ4v) is 2.61. The highest BCUT2D eigenvalue weighted by atomic mass is 32.2. The smallest absolute Gasteiger partial charge is 0.218 e. The Hall–Kier alpha value is -1.11. The summed E-state index contributed by atoms with van der Waals surface area (Å²) in [7, 11) is 2.19. The van der Waals surface area contributed by atoms with E-state index in [1.165, 1.54) is 4.31 Å². The molecule has 0 aliphatic carbocycles. The predicted molar refractivity (Wildman–Crippen MR) is 74.7 cm³/mol. The Labute approximate surface area is 109 Å². The first kappa shape index (κ1) is 14.9. The van der Waals surface area contributed by atoms with Gasteiger partial charge < -0.3 is 10.6 Å². The van der Waals surface area contributed by atoms with Crippen molar-refractivity contribution in [3.05, 3.63) is 29.8 Å². The van der Waals surface area contributed by atoms with Gasteiger partial charge in [-0.25, -0.2) is 12.7 Å². The average molecular weight is 271 g/mol. The standard InChI is InChI=1S/C12H21N3O2S/c1-14(2)8-9-15(3)18(16,17)10-11-4-6-12(13)7-5-11/h4-7H,8-10,13H2,1-3H3. The summed E-state index contributed by atoms with van der Waals surface area (Å²) in [4.78, 5) is 1.95. The highest BCUT2D eigenvalue weighted by molar-refractivity contribution is 7.88. The van der Waals surface area contributed by atoms with Crippen LogP contribution in [0.25, 0.3) is 0 Å². The van der Waals surface area contributed by atoms with Crippen molar-refractivity contribution in [2.75, 3.05) is 40.0 Å². The van der Waals surface area contributed by atoms with Crippen LogP contribution in [0.4, 0.5) is 5.69 Å². The van der Waals surface area contributed by atoms with E-state index in [1.807, 2.05) is 19.0 Å². The van der Waals surface area contributed by atoms with Gasteiger partial charge in [-0.3, -0.25) is 0 Å². The molecular weight excluding hydrogens is 250 g/mol. The van der Waals surface area contributed by atoms with Gasteiger partial charge in [0.2, 0.25) is 10.0 Å². The van der Waals surface area contributed by atoms with Crippen molar-refractivity contribution < 1.29 is 8.42 Å². The van der Waals surface area contributed by atoms with Gasteiger partial charge in [0.05, 0.1) is 5.75 Å². The Morgan fingerprint density at radius 2 is 1.61 bits per heavy atom. The van der Waals surface area contributed by atoms with Crippen LogP contribution in [0.3, 0.4) is 0 Å². The van der Waals surface area contributed by atoms with E-state index in [4.69, 9.17) is 5.73 Å². The Morgan fingerprint density at radius 1 is 1.06 bits per heavy atom. The number of nitrogen functional groups attached to an aromatic ring is 1. The molecule has 1 aromatic rings. The van der Waals surface area contributed by atoms with Gasteiger partial charge in [-0.05, 0) is 31.8 Å². The third kappa shape index (κ3) is 4.64. The second-order valence-corrected chi connectivity index (χ2v) is 6.70. The number of nitrogens with zero attached hydrogens (tertiary/aromatic N) is 2. The first-order valence-corrected chi connectivity index (χ1v) is 7.35. The van der Waals surface area contributed by atoms with Gasteiger partial charge in [0, 0.05) is 25.8 Å². The number of rotatable bonds is 6. The summed E-state index contributed by atoms with van der Waals surface area (Å²) in [6.45, 7) is 1.20. The van der Waals surface area contributed by atoms with Gasteiger partial charge in [0.1, 0.15) is 0 Å². The average Bonchev–Trinajstić information content (AvgIpc) is 2.28. The molecule has 1 aromatic carbocycles. The molecule has 0 saturated carbocycles. The largest absolute Gasteiger partial charge is 0.399 e. The maximum atomic E-state index is 12.1. The van der Waals surface area contributed by atoms with Crippen molar-refractivity contribution in [1.82, 2.24) is 9.21 Å². The lowest BCUT2D eigenvalue weighted by atomic mass is 10.2. The number of anilines is 1. The molecule has 0 unspecified atom stereocenters. The molecule has 0 aromatic heterocycles. The Balaban J connectivity index is 2.66. The number of nitrogens with two attached hydrogens (primary N) is 1. The van der Waals surface area contributed by atoms with Crippen LogP contribution in [-0.2, 0) is 15.8 Å². The summed E-state index contributed by atoms with van der Waals surface area (Å²) in [5.74, 6) is 0.0111. The molecule has 0 bridgehead atoms. The van der Waals surface area contributed by atoms with E-state index in [0.29, 0.717) is 18.8 Å². The minimum Gasteiger partial charge on any atom is -0.399 e. The van der Waals surface area contributed by atoms with Gasteiger partial charge in [0.15, 0.2) is 0 Å². The van der Waals surface area contributed by atoms with E-state index < -0.39 is 10.0 Å². The fourth-order valence-electron chi connectivity index (χ4n) is 1.41. The first-order chi connectivity index (χ1) is 8.31. The lowest BCUT2D eigenvalue weighted by Crippen LogP contribution is -2.34. The van der Waals surface area contributed by atoms with Crippen LogP contribution in [0.5, 0.6) is 0 Å². The normalized spacial score (nSPS) is 12.3. The highest BCUT2D eigenvalue weighted by Gasteiger charge is 2.18. The summed E-state index contributed by atoms with van der Waals surface area (Å²) >= 11 is 0. The van der Waals surface area contributed by atoms with Gasteiger partial charge in [-0.2, -0.15) is 0 Å². The highest BCUT2D eigenvalue weighted by Crippen LogP contribution is 2.11. The maximum absolute atomic E-state index is 12.1. The molecule has 0 radical (unpaired) electrons. The van der Waals surface area contributed by atoms with Crippen LogP contribution in [0.15, 0.2) is 24.3 Å². The summed E-state index contributed by atoms with van der Waals surface area (Å²) in [5.41, 5.74) is 6.95. The molecule has 0 aliphatic heterocycles. The molecule has 18 heavy (non-hydrogen) atoms. The van der Waals surface area contributed by atoms with Crippen LogP contribution >= 0.6 is 0 Å². The van der Waals surface area contributed by atoms with Gasteiger partial charge in [0.25, 0.3) is 0 Å². The number of benzene rings is 1. The van der Waals surface area contributed by atoms with Crippen molar-refractivity contribution in [3.8, 4) is 0 Å². The van der Waals surface area contributed by atoms with Gasteiger partial charge in [-0.15, -0.1) is 0 Å². The second-order valence-electron chi connectivity index (χ2n) is 4.62. The van der Waals surface area contributed by atoms with Crippen molar-refractivity contribution in [3.63, 3.8) is 0 Å². The minimum atomic E-state index is -3.26. The number of hydrogen-bond acceptors (Lipinski definition) is 4. The van der Waals surface area contributed by atoms with Crippen molar-refractivity contribution in [1.29, 1.82) is 0 Å². The van der Waals surface area contributed by atoms with Crippen LogP contribution < -0.4 is 5.73 Å². The molecule has 0 fully saturated rings. The molecule has 5 nitrogen and oxygen atoms in total. The number of sulfonamides is 1. The molecule has 102 valence electrons. The third-order valence-electron chi connectivity index (χ3n) is 2.67. The number of hydrogen-bond donors (Lipinski definition) is 1. The molecule has 6 heteroatoms. The molecule has 0 saturated heterocycles. The van der Waals surface area contributed by atoms with E-state index in [2.05, 4.69) is 0 Å². The Morgan fingerprint density at radius 3 is 2.11 bits per heavy atom. The van der Waals surface area contributed by atoms with Crippen LogP contribution in [-0.4, -0.2) is 51.9 Å². The lowest BCUT2D eigenvalue weighted by molar-refractivity contribution is 0.358. The van der Waals surface area contributed by atoms with E-state index in [1.54, 1.807) is 31.3 Å². The second kappa shape index (κ2) is 6.17. The van der Waals surface area contributed by atoms with Crippen molar-refractivity contribution in [2.45, 2.75) is 5.75 Å². The molecule has 2 N–H and O–H groups in total. The molecule has 0 atom stereocenters. The predicted octanol–water partition coefficient (Wildman–Crippen LogP) is 0.592. The Kier molecular flexibility index (Phi) is 5.13. The van der Waals surface area contributed by atoms with E-state index in [0.717, 1.165) is 5.56 Å². The zero-order valence-corrected chi connectivity index (χ0v) is 11.9. The summed E-state index contributed by atoms with van der Waals surface area (Å²) in [5, 5.41) is 0. The fraction of sp³-hybridized carbons (Fsp3) is 0.500. The lowest BCUT2D eigenvalue weighted by Gasteiger charge is -2.19. The maximum Gasteiger partial charge on any atom is 0.218 e. The van der Waals surface area contributed by atoms with E-state index >= 15 is 0 Å². The van der Waals surface area contributed by atoms with Crippen LogP contribution in [0.1, 0.15) is 5.56 Å². The van der Waals surface area contributed by atoms with E-state index in [-0.39, 0.29) is 5.75 Å². The zero-order chi connectivity index (χ0) is 13.8. The number of likely N-dealkylation sites (N-methyl/N-ethyl adjacent to an activating group) is 2. The molecular formula is C12H21N3O2S. The molecule has 0 heterocycles. The van der Waals surface area contributed by atoms with Crippen molar-refractivity contribution >= 4 is 15.7 Å². The topological polar surface area (TPSA) is 66.6 Å². The quantitative estimate of drug-likeness (QED) is 0.769. The summed E-state index contributed by atoms with van der Waals surface area (Å²) in [6.07, 6.45) is 0. The zero-order valence-electron chi connectivity index (χ0n) is 11.1. The summed E-state index contributed by atoms with van der Waals surface area (Å²) < 4.78 is 25.5. The van der Waals surface area contributed by atoms with E-state index in [9.17, 15) is 8.42 Å². The van der Waals surface area contributed by atoms with Gasteiger partial charge in [-0.1, -0.05) is 12.1 Å².